The number of anilines is 2. The average Bonchev–Trinajstić information content (AvgIpc) is 3.10. The predicted octanol–water partition coefficient (Wildman–Crippen LogP) is 4.63. The first-order chi connectivity index (χ1) is 13.9. The summed E-state index contributed by atoms with van der Waals surface area (Å²) in [6.45, 7) is 7.73. The summed E-state index contributed by atoms with van der Waals surface area (Å²) in [6, 6.07) is 16.3. The highest BCUT2D eigenvalue weighted by atomic mass is 16.3. The molecule has 3 aromatic rings. The van der Waals surface area contributed by atoms with Gasteiger partial charge in [-0.15, -0.1) is 0 Å². The number of rotatable bonds is 3. The van der Waals surface area contributed by atoms with Crippen molar-refractivity contribution in [2.75, 3.05) is 16.3 Å². The first-order valence-corrected chi connectivity index (χ1v) is 9.69. The Balaban J connectivity index is 1.85. The van der Waals surface area contributed by atoms with Crippen LogP contribution in [0.4, 0.5) is 11.4 Å². The van der Waals surface area contributed by atoms with Gasteiger partial charge in [-0.3, -0.25) is 14.5 Å². The minimum absolute atomic E-state index is 0.00675. The minimum Gasteiger partial charge on any atom is -0.464 e. The Morgan fingerprint density at radius 3 is 2.28 bits per heavy atom. The number of hydrogen-bond donors (Lipinski definition) is 0. The van der Waals surface area contributed by atoms with E-state index in [9.17, 15) is 9.59 Å². The largest absolute Gasteiger partial charge is 0.464 e. The second kappa shape index (κ2) is 7.24. The van der Waals surface area contributed by atoms with E-state index in [0.29, 0.717) is 11.5 Å². The van der Waals surface area contributed by atoms with Crippen molar-refractivity contribution in [3.05, 3.63) is 82.8 Å². The van der Waals surface area contributed by atoms with Crippen LogP contribution in [0.25, 0.3) is 0 Å². The van der Waals surface area contributed by atoms with Gasteiger partial charge in [0.1, 0.15) is 18.1 Å². The number of aryl methyl sites for hydroxylation is 4. The van der Waals surface area contributed by atoms with E-state index >= 15 is 0 Å². The molecule has 1 saturated heterocycles. The van der Waals surface area contributed by atoms with E-state index < -0.39 is 6.04 Å². The number of carbonyl (C=O) groups excluding carboxylic acids is 2. The van der Waals surface area contributed by atoms with Gasteiger partial charge in [0.15, 0.2) is 6.04 Å². The van der Waals surface area contributed by atoms with Crippen LogP contribution in [0.2, 0.25) is 0 Å². The molecular formula is C24H24N2O3. The molecule has 29 heavy (non-hydrogen) atoms. The van der Waals surface area contributed by atoms with Crippen LogP contribution >= 0.6 is 0 Å². The molecule has 0 bridgehead atoms. The zero-order chi connectivity index (χ0) is 20.7. The van der Waals surface area contributed by atoms with Crippen molar-refractivity contribution < 1.29 is 14.0 Å². The fourth-order valence-electron chi connectivity index (χ4n) is 3.96. The molecule has 0 N–H and O–H groups in total. The molecule has 0 spiro atoms. The van der Waals surface area contributed by atoms with E-state index in [1.165, 1.54) is 0 Å². The minimum atomic E-state index is -0.842. The molecule has 1 fully saturated rings. The molecule has 2 amide bonds. The van der Waals surface area contributed by atoms with Gasteiger partial charge in [-0.1, -0.05) is 35.9 Å². The number of hydrogen-bond acceptors (Lipinski definition) is 3. The number of piperazine rings is 1. The maximum absolute atomic E-state index is 13.7. The molecule has 4 rings (SSSR count). The first kappa shape index (κ1) is 19.0. The Morgan fingerprint density at radius 1 is 0.862 bits per heavy atom. The van der Waals surface area contributed by atoms with Gasteiger partial charge < -0.3 is 9.32 Å². The van der Waals surface area contributed by atoms with Crippen molar-refractivity contribution in [2.45, 2.75) is 33.7 Å². The molecule has 1 aromatic heterocycles. The Kier molecular flexibility index (Phi) is 4.74. The van der Waals surface area contributed by atoms with Crippen LogP contribution in [0.3, 0.4) is 0 Å². The van der Waals surface area contributed by atoms with Crippen LogP contribution in [0, 0.1) is 27.7 Å². The van der Waals surface area contributed by atoms with E-state index in [2.05, 4.69) is 0 Å². The zero-order valence-electron chi connectivity index (χ0n) is 17.1. The number of benzene rings is 2. The van der Waals surface area contributed by atoms with Gasteiger partial charge in [0.05, 0.1) is 0 Å². The average molecular weight is 388 g/mol. The molecule has 0 saturated carbocycles. The highest BCUT2D eigenvalue weighted by Gasteiger charge is 2.44. The van der Waals surface area contributed by atoms with Crippen molar-refractivity contribution in [3.8, 4) is 0 Å². The lowest BCUT2D eigenvalue weighted by molar-refractivity contribution is -0.129. The topological polar surface area (TPSA) is 53.8 Å². The molecule has 1 unspecified atom stereocenters. The van der Waals surface area contributed by atoms with E-state index in [4.69, 9.17) is 4.42 Å². The number of furan rings is 1. The fourth-order valence-corrected chi connectivity index (χ4v) is 3.96. The fraction of sp³-hybridized carbons (Fsp3) is 0.250. The maximum atomic E-state index is 13.7. The molecule has 1 aliphatic heterocycles. The van der Waals surface area contributed by atoms with E-state index in [0.717, 1.165) is 28.1 Å². The maximum Gasteiger partial charge on any atom is 0.258 e. The summed E-state index contributed by atoms with van der Waals surface area (Å²) in [5.74, 6) is 0.861. The quantitative estimate of drug-likeness (QED) is 0.657. The predicted molar refractivity (Wildman–Crippen MR) is 113 cm³/mol. The molecule has 0 aliphatic carbocycles. The smallest absolute Gasteiger partial charge is 0.258 e. The number of para-hydroxylation sites is 1. The third kappa shape index (κ3) is 3.33. The molecule has 148 valence electrons. The summed E-state index contributed by atoms with van der Waals surface area (Å²) in [6.07, 6.45) is 0. The van der Waals surface area contributed by atoms with Crippen LogP contribution in [-0.2, 0) is 9.59 Å². The van der Waals surface area contributed by atoms with Crippen molar-refractivity contribution in [1.82, 2.24) is 0 Å². The molecule has 0 radical (unpaired) electrons. The normalized spacial score (nSPS) is 17.2. The number of nitrogens with zero attached hydrogens (tertiary/aromatic N) is 2. The Labute approximate surface area is 170 Å². The van der Waals surface area contributed by atoms with Gasteiger partial charge in [0.25, 0.3) is 5.91 Å². The molecule has 1 atom stereocenters. The summed E-state index contributed by atoms with van der Waals surface area (Å²) in [4.78, 5) is 30.2. The third-order valence-electron chi connectivity index (χ3n) is 5.37. The number of amides is 2. The highest BCUT2D eigenvalue weighted by molar-refractivity contribution is 6.14. The lowest BCUT2D eigenvalue weighted by Crippen LogP contribution is -2.56. The lowest BCUT2D eigenvalue weighted by atomic mass is 10.0. The van der Waals surface area contributed by atoms with Gasteiger partial charge in [-0.25, -0.2) is 0 Å². The van der Waals surface area contributed by atoms with Crippen LogP contribution in [0.15, 0.2) is 59.0 Å². The summed E-state index contributed by atoms with van der Waals surface area (Å²) < 4.78 is 5.83. The molecule has 1 aliphatic rings. The van der Waals surface area contributed by atoms with Gasteiger partial charge in [0, 0.05) is 11.4 Å². The lowest BCUT2D eigenvalue weighted by Gasteiger charge is -2.40. The van der Waals surface area contributed by atoms with Crippen molar-refractivity contribution in [1.29, 1.82) is 0 Å². The Hall–Kier alpha value is -3.34. The molecule has 5 nitrogen and oxygen atoms in total. The van der Waals surface area contributed by atoms with Crippen LogP contribution in [0.1, 0.15) is 34.3 Å². The second-order valence-electron chi connectivity index (χ2n) is 7.62. The standard InChI is InChI=1S/C24H24N2O3/c1-15-9-11-20(17(3)13-15)26-22(27)14-25(19-8-6-5-7-16(19)2)24(28)23(26)21-12-10-18(4)29-21/h5-13,23H,14H2,1-4H3. The van der Waals surface area contributed by atoms with E-state index in [-0.39, 0.29) is 18.4 Å². The van der Waals surface area contributed by atoms with Crippen molar-refractivity contribution >= 4 is 23.2 Å². The Morgan fingerprint density at radius 2 is 1.62 bits per heavy atom. The van der Waals surface area contributed by atoms with Crippen LogP contribution in [-0.4, -0.2) is 18.4 Å². The summed E-state index contributed by atoms with van der Waals surface area (Å²) in [7, 11) is 0. The van der Waals surface area contributed by atoms with E-state index in [1.54, 1.807) is 15.9 Å². The number of carbonyl (C=O) groups is 2. The van der Waals surface area contributed by atoms with E-state index in [1.807, 2.05) is 76.2 Å². The molecule has 5 heteroatoms. The molecular weight excluding hydrogens is 364 g/mol. The van der Waals surface area contributed by atoms with Crippen molar-refractivity contribution in [2.24, 2.45) is 0 Å². The van der Waals surface area contributed by atoms with Crippen molar-refractivity contribution in [3.63, 3.8) is 0 Å². The second-order valence-corrected chi connectivity index (χ2v) is 7.62. The van der Waals surface area contributed by atoms with Gasteiger partial charge in [0.2, 0.25) is 5.91 Å². The SMILES string of the molecule is Cc1ccc(N2C(=O)CN(c3ccccc3C)C(=O)C2c2ccc(C)o2)c(C)c1. The van der Waals surface area contributed by atoms with Crippen LogP contribution in [0.5, 0.6) is 0 Å². The van der Waals surface area contributed by atoms with Gasteiger partial charge in [-0.2, -0.15) is 0 Å². The first-order valence-electron chi connectivity index (χ1n) is 9.69. The third-order valence-corrected chi connectivity index (χ3v) is 5.37. The monoisotopic (exact) mass is 388 g/mol. The summed E-state index contributed by atoms with van der Waals surface area (Å²) >= 11 is 0. The highest BCUT2D eigenvalue weighted by Crippen LogP contribution is 2.37. The van der Waals surface area contributed by atoms with Gasteiger partial charge >= 0.3 is 0 Å². The molecule has 2 aromatic carbocycles. The molecule has 2 heterocycles. The summed E-state index contributed by atoms with van der Waals surface area (Å²) in [5, 5.41) is 0. The Bertz CT molecular complexity index is 1100. The summed E-state index contributed by atoms with van der Waals surface area (Å²) in [5.41, 5.74) is 4.48. The zero-order valence-corrected chi connectivity index (χ0v) is 17.1. The van der Waals surface area contributed by atoms with Crippen LogP contribution < -0.4 is 9.80 Å². The van der Waals surface area contributed by atoms with Gasteiger partial charge in [-0.05, 0) is 63.1 Å².